The highest BCUT2D eigenvalue weighted by molar-refractivity contribution is 5.89. The molecule has 0 aromatic heterocycles. The molecule has 1 amide bonds. The van der Waals surface area contributed by atoms with Crippen LogP contribution in [0.2, 0.25) is 0 Å². The first-order valence-electron chi connectivity index (χ1n) is 8.34. The van der Waals surface area contributed by atoms with Crippen molar-refractivity contribution >= 4 is 11.9 Å². The van der Waals surface area contributed by atoms with Crippen LogP contribution in [0.25, 0.3) is 0 Å². The average Bonchev–Trinajstić information content (AvgIpc) is 2.53. The third-order valence-corrected chi connectivity index (χ3v) is 5.51. The summed E-state index contributed by atoms with van der Waals surface area (Å²) in [5.41, 5.74) is -1.03. The fourth-order valence-corrected chi connectivity index (χ4v) is 3.61. The Morgan fingerprint density at radius 2 is 1.92 bits per heavy atom. The summed E-state index contributed by atoms with van der Waals surface area (Å²) in [6, 6.07) is 6.13. The number of carbonyl (C=O) groups excluding carboxylic acids is 1. The van der Waals surface area contributed by atoms with Gasteiger partial charge in [-0.15, -0.1) is 0 Å². The van der Waals surface area contributed by atoms with Crippen molar-refractivity contribution < 1.29 is 23.8 Å². The van der Waals surface area contributed by atoms with Gasteiger partial charge in [-0.2, -0.15) is 0 Å². The Labute approximate surface area is 140 Å². The van der Waals surface area contributed by atoms with Gasteiger partial charge < -0.3 is 15.2 Å². The lowest BCUT2D eigenvalue weighted by Crippen LogP contribution is -2.53. The standard InChI is InChI=1S/C18H22FNO4/c19-14-4-1-3-13(11-14)18(5-2-6-18)15(21)20-12-17(16(22)23)7-9-24-10-8-17/h1,3-4,11H,2,5-10,12H2,(H,20,21)(H,22,23). The van der Waals surface area contributed by atoms with E-state index in [1.54, 1.807) is 12.1 Å². The van der Waals surface area contributed by atoms with E-state index < -0.39 is 16.8 Å². The van der Waals surface area contributed by atoms with E-state index in [0.29, 0.717) is 44.5 Å². The van der Waals surface area contributed by atoms with Gasteiger partial charge in [-0.3, -0.25) is 9.59 Å². The van der Waals surface area contributed by atoms with Crippen LogP contribution in [0, 0.1) is 11.2 Å². The molecule has 0 radical (unpaired) electrons. The summed E-state index contributed by atoms with van der Waals surface area (Å²) < 4.78 is 18.8. The predicted octanol–water partition coefficient (Wildman–Crippen LogP) is 2.25. The number of halogens is 1. The summed E-state index contributed by atoms with van der Waals surface area (Å²) in [4.78, 5) is 24.5. The molecule has 130 valence electrons. The summed E-state index contributed by atoms with van der Waals surface area (Å²) in [6.45, 7) is 0.857. The largest absolute Gasteiger partial charge is 0.481 e. The lowest BCUT2D eigenvalue weighted by molar-refractivity contribution is -0.155. The average molecular weight is 335 g/mol. The zero-order chi connectivity index (χ0) is 17.2. The molecule has 1 saturated heterocycles. The normalized spacial score (nSPS) is 21.5. The molecule has 1 aliphatic carbocycles. The van der Waals surface area contributed by atoms with E-state index in [2.05, 4.69) is 5.32 Å². The Bertz CT molecular complexity index is 636. The number of rotatable bonds is 5. The Morgan fingerprint density at radius 3 is 2.46 bits per heavy atom. The van der Waals surface area contributed by atoms with Crippen LogP contribution in [0.5, 0.6) is 0 Å². The summed E-state index contributed by atoms with van der Waals surface area (Å²) in [5, 5.41) is 12.4. The molecule has 24 heavy (non-hydrogen) atoms. The molecule has 2 fully saturated rings. The summed E-state index contributed by atoms with van der Waals surface area (Å²) in [5.74, 6) is -1.47. The third kappa shape index (κ3) is 2.90. The smallest absolute Gasteiger partial charge is 0.311 e. The van der Waals surface area contributed by atoms with Gasteiger partial charge in [0.25, 0.3) is 0 Å². The molecule has 1 aliphatic heterocycles. The molecule has 0 bridgehead atoms. The van der Waals surface area contributed by atoms with Gasteiger partial charge in [0.1, 0.15) is 5.82 Å². The molecule has 1 heterocycles. The minimum absolute atomic E-state index is 0.0849. The highest BCUT2D eigenvalue weighted by atomic mass is 19.1. The zero-order valence-corrected chi connectivity index (χ0v) is 13.5. The molecule has 5 nitrogen and oxygen atoms in total. The number of nitrogens with one attached hydrogen (secondary N) is 1. The maximum atomic E-state index is 13.5. The van der Waals surface area contributed by atoms with Crippen LogP contribution in [0.3, 0.4) is 0 Å². The number of ether oxygens (including phenoxy) is 1. The Morgan fingerprint density at radius 1 is 1.21 bits per heavy atom. The van der Waals surface area contributed by atoms with Crippen molar-refractivity contribution in [3.05, 3.63) is 35.6 Å². The molecular formula is C18H22FNO4. The first-order chi connectivity index (χ1) is 11.5. The molecule has 2 N–H and O–H groups in total. The van der Waals surface area contributed by atoms with E-state index in [-0.39, 0.29) is 18.3 Å². The highest BCUT2D eigenvalue weighted by Crippen LogP contribution is 2.44. The lowest BCUT2D eigenvalue weighted by Gasteiger charge is -2.42. The number of aliphatic carboxylic acids is 1. The first kappa shape index (κ1) is 16.9. The van der Waals surface area contributed by atoms with Crippen molar-refractivity contribution in [2.75, 3.05) is 19.8 Å². The van der Waals surface area contributed by atoms with E-state index in [1.165, 1.54) is 12.1 Å². The van der Waals surface area contributed by atoms with Crippen molar-refractivity contribution in [2.24, 2.45) is 5.41 Å². The number of hydrogen-bond acceptors (Lipinski definition) is 3. The second-order valence-electron chi connectivity index (χ2n) is 6.83. The minimum Gasteiger partial charge on any atom is -0.481 e. The molecule has 0 spiro atoms. The second-order valence-corrected chi connectivity index (χ2v) is 6.83. The lowest BCUT2D eigenvalue weighted by atomic mass is 9.63. The Kier molecular flexibility index (Phi) is 4.58. The fraction of sp³-hybridized carbons (Fsp3) is 0.556. The number of benzene rings is 1. The number of carboxylic acids is 1. The van der Waals surface area contributed by atoms with Gasteiger partial charge in [0, 0.05) is 19.8 Å². The number of amides is 1. The predicted molar refractivity (Wildman–Crippen MR) is 85.1 cm³/mol. The monoisotopic (exact) mass is 335 g/mol. The Balaban J connectivity index is 1.74. The van der Waals surface area contributed by atoms with E-state index in [4.69, 9.17) is 4.74 Å². The van der Waals surface area contributed by atoms with E-state index in [0.717, 1.165) is 6.42 Å². The van der Waals surface area contributed by atoms with E-state index in [1.807, 2.05) is 0 Å². The SMILES string of the molecule is O=C(O)C1(CNC(=O)C2(c3cccc(F)c3)CCC2)CCOCC1. The van der Waals surface area contributed by atoms with Gasteiger partial charge in [0.2, 0.25) is 5.91 Å². The summed E-state index contributed by atoms with van der Waals surface area (Å²) in [6.07, 6.45) is 2.99. The van der Waals surface area contributed by atoms with Gasteiger partial charge >= 0.3 is 5.97 Å². The van der Waals surface area contributed by atoms with Crippen LogP contribution in [0.4, 0.5) is 4.39 Å². The maximum Gasteiger partial charge on any atom is 0.311 e. The van der Waals surface area contributed by atoms with Gasteiger partial charge in [0.15, 0.2) is 0 Å². The molecule has 0 unspecified atom stereocenters. The van der Waals surface area contributed by atoms with Crippen LogP contribution >= 0.6 is 0 Å². The van der Waals surface area contributed by atoms with E-state index >= 15 is 0 Å². The molecule has 0 atom stereocenters. The molecule has 1 saturated carbocycles. The number of carbonyl (C=O) groups is 2. The minimum atomic E-state index is -0.971. The maximum absolute atomic E-state index is 13.5. The van der Waals surface area contributed by atoms with Crippen LogP contribution in [-0.2, 0) is 19.7 Å². The van der Waals surface area contributed by atoms with Gasteiger partial charge in [0.05, 0.1) is 10.8 Å². The summed E-state index contributed by atoms with van der Waals surface area (Å²) in [7, 11) is 0. The van der Waals surface area contributed by atoms with Crippen LogP contribution in [0.1, 0.15) is 37.7 Å². The molecule has 1 aromatic rings. The van der Waals surface area contributed by atoms with Crippen molar-refractivity contribution in [3.8, 4) is 0 Å². The molecule has 1 aromatic carbocycles. The summed E-state index contributed by atoms with van der Waals surface area (Å²) >= 11 is 0. The van der Waals surface area contributed by atoms with Crippen LogP contribution in [-0.4, -0.2) is 36.7 Å². The number of hydrogen-bond donors (Lipinski definition) is 2. The number of carboxylic acid groups (broad SMARTS) is 1. The zero-order valence-electron chi connectivity index (χ0n) is 13.5. The molecule has 6 heteroatoms. The third-order valence-electron chi connectivity index (χ3n) is 5.51. The Hall–Kier alpha value is -1.95. The van der Waals surface area contributed by atoms with Crippen molar-refractivity contribution in [3.63, 3.8) is 0 Å². The first-order valence-corrected chi connectivity index (χ1v) is 8.34. The fourth-order valence-electron chi connectivity index (χ4n) is 3.61. The van der Waals surface area contributed by atoms with Crippen LogP contribution < -0.4 is 5.32 Å². The quantitative estimate of drug-likeness (QED) is 0.865. The topological polar surface area (TPSA) is 75.6 Å². The van der Waals surface area contributed by atoms with Gasteiger partial charge in [-0.25, -0.2) is 4.39 Å². The van der Waals surface area contributed by atoms with Gasteiger partial charge in [-0.05, 0) is 43.4 Å². The highest BCUT2D eigenvalue weighted by Gasteiger charge is 2.47. The molecule has 2 aliphatic rings. The van der Waals surface area contributed by atoms with Crippen LogP contribution in [0.15, 0.2) is 24.3 Å². The molecular weight excluding hydrogens is 313 g/mol. The molecule has 3 rings (SSSR count). The van der Waals surface area contributed by atoms with Crippen molar-refractivity contribution in [1.82, 2.24) is 5.32 Å². The van der Waals surface area contributed by atoms with Crippen molar-refractivity contribution in [1.29, 1.82) is 0 Å². The second kappa shape index (κ2) is 6.51. The van der Waals surface area contributed by atoms with Crippen molar-refractivity contribution in [2.45, 2.75) is 37.5 Å². The van der Waals surface area contributed by atoms with E-state index in [9.17, 15) is 19.1 Å². The van der Waals surface area contributed by atoms with Gasteiger partial charge in [-0.1, -0.05) is 18.6 Å².